The number of aromatic hydroxyl groups is 1. The molecule has 0 amide bonds. The van der Waals surface area contributed by atoms with Crippen LogP contribution in [-0.2, 0) is 13.1 Å². The summed E-state index contributed by atoms with van der Waals surface area (Å²) in [5, 5.41) is 12.5. The number of fused-ring (bicyclic) bond motifs is 1. The molecule has 5 heteroatoms. The van der Waals surface area contributed by atoms with Gasteiger partial charge in [-0.1, -0.05) is 0 Å². The van der Waals surface area contributed by atoms with Crippen LogP contribution in [0.4, 0.5) is 0 Å². The molecule has 0 radical (unpaired) electrons. The van der Waals surface area contributed by atoms with E-state index in [2.05, 4.69) is 23.3 Å². The minimum absolute atomic E-state index is 0.0929. The molecule has 2 aromatic heterocycles. The number of phenols is 1. The molecule has 0 saturated heterocycles. The van der Waals surface area contributed by atoms with Gasteiger partial charge < -0.3 is 9.52 Å². The first-order chi connectivity index (χ1) is 10.5. The zero-order valence-corrected chi connectivity index (χ0v) is 13.3. The van der Waals surface area contributed by atoms with Crippen molar-refractivity contribution >= 4 is 22.3 Å². The zero-order chi connectivity index (χ0) is 15.7. The molecule has 0 aliphatic rings. The van der Waals surface area contributed by atoms with Crippen LogP contribution < -0.4 is 5.63 Å². The Balaban J connectivity index is 1.90. The summed E-state index contributed by atoms with van der Waals surface area (Å²) in [7, 11) is 2.03. The zero-order valence-electron chi connectivity index (χ0n) is 12.5. The van der Waals surface area contributed by atoms with Crippen LogP contribution in [-0.4, -0.2) is 17.1 Å². The maximum absolute atomic E-state index is 11.7. The second-order valence-corrected chi connectivity index (χ2v) is 6.47. The van der Waals surface area contributed by atoms with Crippen molar-refractivity contribution < 1.29 is 9.52 Å². The number of nitrogens with zero attached hydrogens (tertiary/aromatic N) is 1. The van der Waals surface area contributed by atoms with Crippen molar-refractivity contribution in [1.29, 1.82) is 0 Å². The van der Waals surface area contributed by atoms with Crippen molar-refractivity contribution in [2.24, 2.45) is 0 Å². The van der Waals surface area contributed by atoms with E-state index in [1.807, 2.05) is 7.05 Å². The lowest BCUT2D eigenvalue weighted by molar-refractivity contribution is 0.321. The van der Waals surface area contributed by atoms with Crippen LogP contribution in [0.3, 0.4) is 0 Å². The smallest absolute Gasteiger partial charge is 0.336 e. The van der Waals surface area contributed by atoms with Crippen LogP contribution in [0, 0.1) is 6.92 Å². The first kappa shape index (κ1) is 14.8. The highest BCUT2D eigenvalue weighted by Crippen LogP contribution is 2.24. The third kappa shape index (κ3) is 3.05. The Labute approximate surface area is 132 Å². The van der Waals surface area contributed by atoms with E-state index in [0.29, 0.717) is 12.1 Å². The van der Waals surface area contributed by atoms with Gasteiger partial charge in [-0.15, -0.1) is 11.3 Å². The molecule has 114 valence electrons. The van der Waals surface area contributed by atoms with Gasteiger partial charge in [-0.25, -0.2) is 4.79 Å². The molecular formula is C17H17NO3S. The quantitative estimate of drug-likeness (QED) is 0.749. The minimum atomic E-state index is -0.395. The number of hydrogen-bond acceptors (Lipinski definition) is 5. The van der Waals surface area contributed by atoms with Gasteiger partial charge in [0, 0.05) is 35.5 Å². The van der Waals surface area contributed by atoms with Gasteiger partial charge in [0.25, 0.3) is 0 Å². The molecule has 0 saturated carbocycles. The number of rotatable bonds is 4. The lowest BCUT2D eigenvalue weighted by Gasteiger charge is -2.17. The molecule has 0 bridgehead atoms. The van der Waals surface area contributed by atoms with Crippen molar-refractivity contribution in [1.82, 2.24) is 4.90 Å². The predicted octanol–water partition coefficient (Wildman–Crippen LogP) is 3.50. The first-order valence-electron chi connectivity index (χ1n) is 7.00. The standard InChI is InChI=1S/C17H17NO3S/c1-11-5-6-22-16(11)10-18(2)9-12-7-17(20)21-15-8-13(19)3-4-14(12)15/h3-8,19H,9-10H2,1-2H3. The second-order valence-electron chi connectivity index (χ2n) is 5.47. The van der Waals surface area contributed by atoms with Crippen LogP contribution in [0.2, 0.25) is 0 Å². The van der Waals surface area contributed by atoms with E-state index in [9.17, 15) is 9.90 Å². The SMILES string of the molecule is Cc1ccsc1CN(C)Cc1cc(=O)oc2cc(O)ccc12. The molecular weight excluding hydrogens is 298 g/mol. The molecule has 0 aliphatic heterocycles. The topological polar surface area (TPSA) is 53.7 Å². The van der Waals surface area contributed by atoms with Crippen molar-refractivity contribution in [3.05, 3.63) is 62.1 Å². The Hall–Kier alpha value is -2.11. The van der Waals surface area contributed by atoms with Gasteiger partial charge in [0.15, 0.2) is 0 Å². The fraction of sp³-hybridized carbons (Fsp3) is 0.235. The van der Waals surface area contributed by atoms with Crippen LogP contribution in [0.1, 0.15) is 16.0 Å². The molecule has 22 heavy (non-hydrogen) atoms. The molecule has 3 aromatic rings. The van der Waals surface area contributed by atoms with Gasteiger partial charge in [-0.05, 0) is 48.7 Å². The van der Waals surface area contributed by atoms with Crippen LogP contribution in [0.5, 0.6) is 5.75 Å². The summed E-state index contributed by atoms with van der Waals surface area (Å²) in [4.78, 5) is 15.2. The van der Waals surface area contributed by atoms with Gasteiger partial charge >= 0.3 is 5.63 Å². The van der Waals surface area contributed by atoms with Gasteiger partial charge in [-0.2, -0.15) is 0 Å². The predicted molar refractivity (Wildman–Crippen MR) is 88.4 cm³/mol. The van der Waals surface area contributed by atoms with E-state index in [1.54, 1.807) is 23.5 Å². The molecule has 2 heterocycles. The Morgan fingerprint density at radius 1 is 1.23 bits per heavy atom. The Kier molecular flexibility index (Phi) is 4.00. The van der Waals surface area contributed by atoms with Crippen LogP contribution in [0.25, 0.3) is 11.0 Å². The van der Waals surface area contributed by atoms with E-state index >= 15 is 0 Å². The Morgan fingerprint density at radius 3 is 2.77 bits per heavy atom. The second kappa shape index (κ2) is 5.94. The van der Waals surface area contributed by atoms with Gasteiger partial charge in [0.1, 0.15) is 11.3 Å². The van der Waals surface area contributed by atoms with Crippen molar-refractivity contribution in [3.8, 4) is 5.75 Å². The Bertz CT molecular complexity index is 866. The van der Waals surface area contributed by atoms with Gasteiger partial charge in [0.05, 0.1) is 0 Å². The van der Waals surface area contributed by atoms with E-state index in [-0.39, 0.29) is 5.75 Å². The summed E-state index contributed by atoms with van der Waals surface area (Å²) in [5.74, 6) is 0.0929. The third-order valence-electron chi connectivity index (χ3n) is 3.64. The molecule has 0 unspecified atom stereocenters. The van der Waals surface area contributed by atoms with Gasteiger partial charge in [0.2, 0.25) is 0 Å². The van der Waals surface area contributed by atoms with Crippen molar-refractivity contribution in [2.75, 3.05) is 7.05 Å². The molecule has 3 rings (SSSR count). The molecule has 4 nitrogen and oxygen atoms in total. The fourth-order valence-corrected chi connectivity index (χ4v) is 3.49. The summed E-state index contributed by atoms with van der Waals surface area (Å²) >= 11 is 1.74. The summed E-state index contributed by atoms with van der Waals surface area (Å²) in [5.41, 5.74) is 2.22. The van der Waals surface area contributed by atoms with E-state index in [1.165, 1.54) is 22.6 Å². The van der Waals surface area contributed by atoms with Crippen LogP contribution in [0.15, 0.2) is 44.9 Å². The highest BCUT2D eigenvalue weighted by Gasteiger charge is 2.10. The molecule has 1 N–H and O–H groups in total. The molecule has 0 aliphatic carbocycles. The monoisotopic (exact) mass is 315 g/mol. The lowest BCUT2D eigenvalue weighted by atomic mass is 10.1. The summed E-state index contributed by atoms with van der Waals surface area (Å²) in [6.07, 6.45) is 0. The minimum Gasteiger partial charge on any atom is -0.508 e. The highest BCUT2D eigenvalue weighted by molar-refractivity contribution is 7.10. The van der Waals surface area contributed by atoms with Crippen LogP contribution >= 0.6 is 11.3 Å². The Morgan fingerprint density at radius 2 is 2.05 bits per heavy atom. The summed E-state index contributed by atoms with van der Waals surface area (Å²) in [6, 6.07) is 8.51. The molecule has 0 atom stereocenters. The first-order valence-corrected chi connectivity index (χ1v) is 7.88. The molecule has 0 fully saturated rings. The average Bonchev–Trinajstić information content (AvgIpc) is 2.83. The fourth-order valence-electron chi connectivity index (χ4n) is 2.51. The summed E-state index contributed by atoms with van der Waals surface area (Å²) in [6.45, 7) is 3.59. The average molecular weight is 315 g/mol. The number of thiophene rings is 1. The molecule has 1 aromatic carbocycles. The third-order valence-corrected chi connectivity index (χ3v) is 4.64. The lowest BCUT2D eigenvalue weighted by Crippen LogP contribution is -2.18. The largest absolute Gasteiger partial charge is 0.508 e. The van der Waals surface area contributed by atoms with Crippen molar-refractivity contribution in [2.45, 2.75) is 20.0 Å². The molecule has 0 spiro atoms. The van der Waals surface area contributed by atoms with Gasteiger partial charge in [-0.3, -0.25) is 4.90 Å². The van der Waals surface area contributed by atoms with E-state index in [0.717, 1.165) is 17.5 Å². The van der Waals surface area contributed by atoms with E-state index in [4.69, 9.17) is 4.42 Å². The van der Waals surface area contributed by atoms with Crippen molar-refractivity contribution in [3.63, 3.8) is 0 Å². The number of benzene rings is 1. The maximum atomic E-state index is 11.7. The number of phenolic OH excluding ortho intramolecular Hbond substituents is 1. The maximum Gasteiger partial charge on any atom is 0.336 e. The number of aryl methyl sites for hydroxylation is 1. The highest BCUT2D eigenvalue weighted by atomic mass is 32.1. The normalized spacial score (nSPS) is 11.4. The number of hydrogen-bond donors (Lipinski definition) is 1. The summed E-state index contributed by atoms with van der Waals surface area (Å²) < 4.78 is 5.16. The van der Waals surface area contributed by atoms with E-state index < -0.39 is 5.63 Å².